The first kappa shape index (κ1) is 13.2. The van der Waals surface area contributed by atoms with E-state index in [0.29, 0.717) is 16.7 Å². The molecule has 0 bridgehead atoms. The maximum absolute atomic E-state index is 13.1. The second kappa shape index (κ2) is 5.70. The van der Waals surface area contributed by atoms with Crippen LogP contribution in [-0.2, 0) is 10.9 Å². The third-order valence-corrected chi connectivity index (χ3v) is 7.96. The van der Waals surface area contributed by atoms with Crippen LogP contribution >= 0.6 is 0 Å². The standard InChI is InChI=1S/C17H23OS/c18-16(15-9-3-1-4-10-15)17(11-5-2-6-12-17)19-13-7-8-14-19/h1,3-4,9-10H,2,5-8,11-14H2/q+1. The zero-order chi connectivity index (χ0) is 13.1. The van der Waals surface area contributed by atoms with E-state index < -0.39 is 0 Å². The molecule has 0 radical (unpaired) electrons. The first-order valence-electron chi connectivity index (χ1n) is 7.60. The fraction of sp³-hybridized carbons (Fsp3) is 0.588. The lowest BCUT2D eigenvalue weighted by Crippen LogP contribution is -2.48. The molecule has 0 aromatic heterocycles. The molecule has 1 aromatic rings. The van der Waals surface area contributed by atoms with Gasteiger partial charge in [0.2, 0.25) is 5.78 Å². The third kappa shape index (κ3) is 2.47. The van der Waals surface area contributed by atoms with Crippen molar-refractivity contribution in [3.05, 3.63) is 35.9 Å². The van der Waals surface area contributed by atoms with Gasteiger partial charge in [-0.1, -0.05) is 36.8 Å². The van der Waals surface area contributed by atoms with Crippen molar-refractivity contribution >= 4 is 16.7 Å². The van der Waals surface area contributed by atoms with E-state index in [1.54, 1.807) is 0 Å². The van der Waals surface area contributed by atoms with Crippen molar-refractivity contribution in [3.63, 3.8) is 0 Å². The largest absolute Gasteiger partial charge is 0.288 e. The second-order valence-electron chi connectivity index (χ2n) is 5.86. The number of benzene rings is 1. The Morgan fingerprint density at radius 2 is 1.53 bits per heavy atom. The summed E-state index contributed by atoms with van der Waals surface area (Å²) in [5.74, 6) is 3.06. The normalized spacial score (nSPS) is 23.4. The molecular weight excluding hydrogens is 252 g/mol. The monoisotopic (exact) mass is 275 g/mol. The van der Waals surface area contributed by atoms with Gasteiger partial charge in [-0.25, -0.2) is 0 Å². The highest BCUT2D eigenvalue weighted by Crippen LogP contribution is 2.42. The zero-order valence-corrected chi connectivity index (χ0v) is 12.4. The number of Topliss-reactive ketones (excluding diaryl/α,β-unsaturated/α-hetero) is 1. The fourth-order valence-corrected chi connectivity index (χ4v) is 7.00. The fourth-order valence-electron chi connectivity index (χ4n) is 3.67. The van der Waals surface area contributed by atoms with E-state index in [2.05, 4.69) is 0 Å². The van der Waals surface area contributed by atoms with Gasteiger partial charge in [0, 0.05) is 29.3 Å². The zero-order valence-electron chi connectivity index (χ0n) is 11.6. The molecule has 0 unspecified atom stereocenters. The van der Waals surface area contributed by atoms with E-state index in [0.717, 1.165) is 18.4 Å². The molecule has 0 amide bonds. The number of ketones is 1. The maximum Gasteiger partial charge on any atom is 0.217 e. The van der Waals surface area contributed by atoms with E-state index in [-0.39, 0.29) is 4.75 Å². The predicted molar refractivity (Wildman–Crippen MR) is 82.9 cm³/mol. The minimum atomic E-state index is 0.0100. The average Bonchev–Trinajstić information content (AvgIpc) is 3.03. The number of carbonyl (C=O) groups is 1. The molecule has 2 fully saturated rings. The minimum Gasteiger partial charge on any atom is -0.288 e. The summed E-state index contributed by atoms with van der Waals surface area (Å²) in [6, 6.07) is 10.0. The van der Waals surface area contributed by atoms with E-state index in [4.69, 9.17) is 0 Å². The summed E-state index contributed by atoms with van der Waals surface area (Å²) in [6.07, 6.45) is 8.79. The van der Waals surface area contributed by atoms with Crippen LogP contribution in [0.3, 0.4) is 0 Å². The van der Waals surface area contributed by atoms with Gasteiger partial charge >= 0.3 is 0 Å². The highest BCUT2D eigenvalue weighted by molar-refractivity contribution is 7.99. The van der Waals surface area contributed by atoms with E-state index in [9.17, 15) is 4.79 Å². The number of hydrogen-bond acceptors (Lipinski definition) is 1. The molecule has 1 nitrogen and oxygen atoms in total. The molecule has 3 rings (SSSR count). The Bertz CT molecular complexity index is 428. The van der Waals surface area contributed by atoms with Crippen molar-refractivity contribution in [2.75, 3.05) is 11.5 Å². The van der Waals surface area contributed by atoms with Crippen LogP contribution in [-0.4, -0.2) is 22.0 Å². The van der Waals surface area contributed by atoms with Gasteiger partial charge in [-0.15, -0.1) is 0 Å². The van der Waals surface area contributed by atoms with Crippen LogP contribution in [0.4, 0.5) is 0 Å². The average molecular weight is 275 g/mol. The summed E-state index contributed by atoms with van der Waals surface area (Å²) in [4.78, 5) is 13.1. The van der Waals surface area contributed by atoms with Crippen LogP contribution in [0, 0.1) is 0 Å². The van der Waals surface area contributed by atoms with Crippen molar-refractivity contribution in [1.29, 1.82) is 0 Å². The Morgan fingerprint density at radius 1 is 0.895 bits per heavy atom. The molecule has 1 heterocycles. The van der Waals surface area contributed by atoms with Crippen molar-refractivity contribution in [2.45, 2.75) is 49.7 Å². The summed E-state index contributed by atoms with van der Waals surface area (Å²) in [7, 11) is 0.348. The number of hydrogen-bond donors (Lipinski definition) is 0. The molecule has 1 saturated carbocycles. The van der Waals surface area contributed by atoms with Crippen LogP contribution < -0.4 is 0 Å². The van der Waals surface area contributed by atoms with Crippen LogP contribution in [0.25, 0.3) is 0 Å². The predicted octanol–water partition coefficient (Wildman–Crippen LogP) is 3.98. The molecule has 1 saturated heterocycles. The van der Waals surface area contributed by atoms with Gasteiger partial charge in [-0.05, 0) is 25.7 Å². The van der Waals surface area contributed by atoms with E-state index in [1.165, 1.54) is 43.6 Å². The van der Waals surface area contributed by atoms with Gasteiger partial charge in [0.15, 0.2) is 4.75 Å². The van der Waals surface area contributed by atoms with Gasteiger partial charge in [0.1, 0.15) is 11.5 Å². The Morgan fingerprint density at radius 3 is 2.16 bits per heavy atom. The minimum absolute atomic E-state index is 0.0100. The molecule has 2 heteroatoms. The van der Waals surface area contributed by atoms with Gasteiger partial charge in [-0.3, -0.25) is 4.79 Å². The van der Waals surface area contributed by atoms with Gasteiger partial charge < -0.3 is 0 Å². The molecule has 102 valence electrons. The summed E-state index contributed by atoms with van der Waals surface area (Å²) < 4.78 is 0.0100. The van der Waals surface area contributed by atoms with E-state index in [1.807, 2.05) is 30.3 Å². The highest BCUT2D eigenvalue weighted by Gasteiger charge is 2.54. The van der Waals surface area contributed by atoms with Crippen LogP contribution in [0.15, 0.2) is 30.3 Å². The first-order chi connectivity index (χ1) is 9.33. The van der Waals surface area contributed by atoms with Gasteiger partial charge in [-0.2, -0.15) is 0 Å². The number of carbonyl (C=O) groups excluding carboxylic acids is 1. The maximum atomic E-state index is 13.1. The van der Waals surface area contributed by atoms with Crippen LogP contribution in [0.1, 0.15) is 55.3 Å². The molecule has 1 aromatic carbocycles. The quantitative estimate of drug-likeness (QED) is 0.602. The lowest BCUT2D eigenvalue weighted by Gasteiger charge is -2.33. The van der Waals surface area contributed by atoms with Crippen LogP contribution in [0.2, 0.25) is 0 Å². The molecule has 19 heavy (non-hydrogen) atoms. The molecule has 0 spiro atoms. The number of rotatable bonds is 3. The SMILES string of the molecule is O=C(c1ccccc1)C1([S+]2CCCC2)CCCCC1. The Hall–Kier alpha value is -0.760. The van der Waals surface area contributed by atoms with Crippen molar-refractivity contribution in [3.8, 4) is 0 Å². The van der Waals surface area contributed by atoms with Gasteiger partial charge in [0.25, 0.3) is 0 Å². The smallest absolute Gasteiger partial charge is 0.217 e. The van der Waals surface area contributed by atoms with Crippen molar-refractivity contribution < 1.29 is 4.79 Å². The van der Waals surface area contributed by atoms with Gasteiger partial charge in [0.05, 0.1) is 0 Å². The van der Waals surface area contributed by atoms with E-state index >= 15 is 0 Å². The van der Waals surface area contributed by atoms with Crippen molar-refractivity contribution in [2.24, 2.45) is 0 Å². The Labute approximate surface area is 119 Å². The molecule has 2 aliphatic rings. The Balaban J connectivity index is 1.92. The second-order valence-corrected chi connectivity index (χ2v) is 8.44. The topological polar surface area (TPSA) is 17.1 Å². The lowest BCUT2D eigenvalue weighted by atomic mass is 9.83. The molecule has 1 aliphatic carbocycles. The van der Waals surface area contributed by atoms with Crippen molar-refractivity contribution in [1.82, 2.24) is 0 Å². The lowest BCUT2D eigenvalue weighted by molar-refractivity contribution is 0.0916. The Kier molecular flexibility index (Phi) is 3.97. The molecular formula is C17H23OS+. The molecule has 1 aliphatic heterocycles. The van der Waals surface area contributed by atoms with Crippen LogP contribution in [0.5, 0.6) is 0 Å². The molecule has 0 atom stereocenters. The first-order valence-corrected chi connectivity index (χ1v) is 9.17. The molecule has 0 N–H and O–H groups in total. The summed E-state index contributed by atoms with van der Waals surface area (Å²) in [5, 5.41) is 0. The summed E-state index contributed by atoms with van der Waals surface area (Å²) in [5.41, 5.74) is 0.948. The highest BCUT2D eigenvalue weighted by atomic mass is 32.2. The summed E-state index contributed by atoms with van der Waals surface area (Å²) >= 11 is 0. The summed E-state index contributed by atoms with van der Waals surface area (Å²) in [6.45, 7) is 0. The third-order valence-electron chi connectivity index (χ3n) is 4.70.